The molecular formula is C21H31N5O2S. The lowest BCUT2D eigenvalue weighted by Gasteiger charge is -2.39. The van der Waals surface area contributed by atoms with Gasteiger partial charge in [0.15, 0.2) is 5.82 Å². The van der Waals surface area contributed by atoms with Crippen LogP contribution >= 0.6 is 11.8 Å². The number of hydrogen-bond donors (Lipinski definition) is 1. The molecule has 2 heterocycles. The largest absolute Gasteiger partial charge is 0.486 e. The summed E-state index contributed by atoms with van der Waals surface area (Å²) in [7, 11) is 0. The molecule has 1 aromatic heterocycles. The predicted molar refractivity (Wildman–Crippen MR) is 115 cm³/mol. The summed E-state index contributed by atoms with van der Waals surface area (Å²) < 4.78 is 7.19. The van der Waals surface area contributed by atoms with E-state index in [4.69, 9.17) is 10.6 Å². The number of carbonyl (C=O) groups excluding carboxylic acids is 1. The molecule has 2 N–H and O–H groups in total. The normalized spacial score (nSPS) is 19.6. The summed E-state index contributed by atoms with van der Waals surface area (Å²) in [6, 6.07) is 8.58. The molecule has 0 unspecified atom stereocenters. The second-order valence-corrected chi connectivity index (χ2v) is 8.94. The molecule has 0 aliphatic carbocycles. The van der Waals surface area contributed by atoms with Crippen LogP contribution in [-0.2, 0) is 11.4 Å². The van der Waals surface area contributed by atoms with Gasteiger partial charge in [-0.2, -0.15) is 0 Å². The van der Waals surface area contributed by atoms with Crippen molar-refractivity contribution in [3.63, 3.8) is 0 Å². The van der Waals surface area contributed by atoms with Gasteiger partial charge in [0.1, 0.15) is 12.4 Å². The van der Waals surface area contributed by atoms with E-state index < -0.39 is 0 Å². The van der Waals surface area contributed by atoms with E-state index in [0.717, 1.165) is 18.6 Å². The van der Waals surface area contributed by atoms with Crippen LogP contribution in [0.3, 0.4) is 0 Å². The third kappa shape index (κ3) is 5.23. The first kappa shape index (κ1) is 21.5. The topological polar surface area (TPSA) is 86.3 Å². The predicted octanol–water partition coefficient (Wildman–Crippen LogP) is 3.58. The minimum absolute atomic E-state index is 0.126. The monoisotopic (exact) mass is 417 g/mol. The molecule has 1 aliphatic heterocycles. The van der Waals surface area contributed by atoms with Crippen molar-refractivity contribution in [2.45, 2.75) is 76.7 Å². The fourth-order valence-electron chi connectivity index (χ4n) is 3.71. The van der Waals surface area contributed by atoms with Gasteiger partial charge in [0, 0.05) is 12.1 Å². The summed E-state index contributed by atoms with van der Waals surface area (Å²) >= 11 is 1.32. The van der Waals surface area contributed by atoms with Gasteiger partial charge in [0.05, 0.1) is 5.75 Å². The molecule has 2 atom stereocenters. The Balaban J connectivity index is 1.54. The number of carbonyl (C=O) groups is 1. The summed E-state index contributed by atoms with van der Waals surface area (Å²) in [5.74, 6) is 8.31. The van der Waals surface area contributed by atoms with Gasteiger partial charge in [-0.1, -0.05) is 37.7 Å². The number of benzene rings is 1. The van der Waals surface area contributed by atoms with Gasteiger partial charge in [0.2, 0.25) is 11.1 Å². The lowest BCUT2D eigenvalue weighted by molar-refractivity contribution is -0.134. The van der Waals surface area contributed by atoms with Crippen molar-refractivity contribution in [3.05, 3.63) is 35.7 Å². The van der Waals surface area contributed by atoms with E-state index in [1.807, 2.05) is 17.0 Å². The Labute approximate surface area is 177 Å². The highest BCUT2D eigenvalue weighted by Gasteiger charge is 2.29. The molecule has 1 aromatic carbocycles. The Morgan fingerprint density at radius 2 is 1.86 bits per heavy atom. The molecular weight excluding hydrogens is 386 g/mol. The quantitative estimate of drug-likeness (QED) is 0.547. The standard InChI is InChI=1S/C21H31N5O2S/c1-14(2)17-8-10-18(11-9-17)28-12-19-23-24-21(26(19)22)29-13-20(27)25-15(3)6-5-7-16(25)4/h8-11,14-16H,5-7,12-13,22H2,1-4H3/t15-,16+. The summed E-state index contributed by atoms with van der Waals surface area (Å²) in [6.07, 6.45) is 3.31. The van der Waals surface area contributed by atoms with Gasteiger partial charge in [0.25, 0.3) is 0 Å². The Hall–Kier alpha value is -2.22. The van der Waals surface area contributed by atoms with E-state index >= 15 is 0 Å². The maximum absolute atomic E-state index is 12.7. The molecule has 158 valence electrons. The van der Waals surface area contributed by atoms with Crippen LogP contribution in [-0.4, -0.2) is 43.5 Å². The van der Waals surface area contributed by atoms with Gasteiger partial charge in [-0.05, 0) is 56.7 Å². The van der Waals surface area contributed by atoms with Crippen LogP contribution in [0.2, 0.25) is 0 Å². The Bertz CT molecular complexity index is 811. The SMILES string of the molecule is CC(C)c1ccc(OCc2nnc(SCC(=O)N3[C@H](C)CCC[C@@H]3C)n2N)cc1. The highest BCUT2D eigenvalue weighted by atomic mass is 32.2. The van der Waals surface area contributed by atoms with E-state index in [2.05, 4.69) is 50.0 Å². The van der Waals surface area contributed by atoms with Crippen LogP contribution in [0, 0.1) is 0 Å². The third-order valence-electron chi connectivity index (χ3n) is 5.46. The molecule has 2 aromatic rings. The number of ether oxygens (including phenoxy) is 1. The number of piperidine rings is 1. The molecule has 0 spiro atoms. The Morgan fingerprint density at radius 1 is 1.21 bits per heavy atom. The maximum atomic E-state index is 12.7. The van der Waals surface area contributed by atoms with E-state index in [1.54, 1.807) is 0 Å². The minimum Gasteiger partial charge on any atom is -0.486 e. The number of rotatable bonds is 7. The molecule has 1 aliphatic rings. The average molecular weight is 418 g/mol. The van der Waals surface area contributed by atoms with Crippen molar-refractivity contribution >= 4 is 17.7 Å². The number of aromatic nitrogens is 3. The number of nitrogens with zero attached hydrogens (tertiary/aromatic N) is 4. The smallest absolute Gasteiger partial charge is 0.233 e. The van der Waals surface area contributed by atoms with E-state index in [9.17, 15) is 4.79 Å². The van der Waals surface area contributed by atoms with E-state index in [0.29, 0.717) is 22.7 Å². The van der Waals surface area contributed by atoms with Crippen LogP contribution < -0.4 is 10.6 Å². The van der Waals surface area contributed by atoms with Gasteiger partial charge < -0.3 is 15.5 Å². The maximum Gasteiger partial charge on any atom is 0.233 e. The number of likely N-dealkylation sites (tertiary alicyclic amines) is 1. The molecule has 0 bridgehead atoms. The molecule has 0 radical (unpaired) electrons. The summed E-state index contributed by atoms with van der Waals surface area (Å²) in [6.45, 7) is 8.77. The van der Waals surface area contributed by atoms with Crippen LogP contribution in [0.4, 0.5) is 0 Å². The first-order valence-electron chi connectivity index (χ1n) is 10.2. The van der Waals surface area contributed by atoms with Crippen molar-refractivity contribution < 1.29 is 9.53 Å². The highest BCUT2D eigenvalue weighted by Crippen LogP contribution is 2.25. The zero-order valence-electron chi connectivity index (χ0n) is 17.7. The number of nitrogen functional groups attached to an aromatic ring is 1. The molecule has 29 heavy (non-hydrogen) atoms. The van der Waals surface area contributed by atoms with Gasteiger partial charge in [-0.15, -0.1) is 10.2 Å². The van der Waals surface area contributed by atoms with Crippen molar-refractivity contribution in [3.8, 4) is 5.75 Å². The van der Waals surface area contributed by atoms with Gasteiger partial charge in [-0.3, -0.25) is 4.79 Å². The summed E-state index contributed by atoms with van der Waals surface area (Å²) in [4.78, 5) is 14.7. The molecule has 1 amide bonds. The fraction of sp³-hybridized carbons (Fsp3) is 0.571. The number of amides is 1. The number of thioether (sulfide) groups is 1. The first-order chi connectivity index (χ1) is 13.9. The Kier molecular flexibility index (Phi) is 7.05. The van der Waals surface area contributed by atoms with Crippen LogP contribution in [0.25, 0.3) is 0 Å². The average Bonchev–Trinajstić information content (AvgIpc) is 3.04. The van der Waals surface area contributed by atoms with E-state index in [-0.39, 0.29) is 24.6 Å². The van der Waals surface area contributed by atoms with E-state index in [1.165, 1.54) is 28.4 Å². The van der Waals surface area contributed by atoms with Gasteiger partial charge in [-0.25, -0.2) is 4.68 Å². The molecule has 8 heteroatoms. The number of nitrogens with two attached hydrogens (primary N) is 1. The number of hydrogen-bond acceptors (Lipinski definition) is 6. The molecule has 7 nitrogen and oxygen atoms in total. The molecule has 0 saturated carbocycles. The molecule has 1 saturated heterocycles. The fourth-order valence-corrected chi connectivity index (χ4v) is 4.46. The molecule has 1 fully saturated rings. The minimum atomic E-state index is 0.126. The molecule has 3 rings (SSSR count). The van der Waals surface area contributed by atoms with Crippen molar-refractivity contribution in [1.29, 1.82) is 0 Å². The van der Waals surface area contributed by atoms with Crippen molar-refractivity contribution in [1.82, 2.24) is 19.8 Å². The zero-order chi connectivity index (χ0) is 21.0. The van der Waals surface area contributed by atoms with Crippen molar-refractivity contribution in [2.75, 3.05) is 11.6 Å². The van der Waals surface area contributed by atoms with Crippen LogP contribution in [0.1, 0.15) is 64.3 Å². The van der Waals surface area contributed by atoms with Crippen LogP contribution in [0.15, 0.2) is 29.4 Å². The summed E-state index contributed by atoms with van der Waals surface area (Å²) in [5, 5.41) is 8.75. The van der Waals surface area contributed by atoms with Crippen molar-refractivity contribution in [2.24, 2.45) is 0 Å². The van der Waals surface area contributed by atoms with Crippen LogP contribution in [0.5, 0.6) is 5.75 Å². The second kappa shape index (κ2) is 9.52. The van der Waals surface area contributed by atoms with Gasteiger partial charge >= 0.3 is 0 Å². The first-order valence-corrected chi connectivity index (χ1v) is 11.2. The lowest BCUT2D eigenvalue weighted by atomic mass is 9.98. The highest BCUT2D eigenvalue weighted by molar-refractivity contribution is 7.99. The summed E-state index contributed by atoms with van der Waals surface area (Å²) in [5.41, 5.74) is 1.26. The zero-order valence-corrected chi connectivity index (χ0v) is 18.5. The lowest BCUT2D eigenvalue weighted by Crippen LogP contribution is -2.48. The third-order valence-corrected chi connectivity index (χ3v) is 6.38. The Morgan fingerprint density at radius 3 is 2.48 bits per heavy atom. The second-order valence-electron chi connectivity index (χ2n) is 8.00.